The lowest BCUT2D eigenvalue weighted by Crippen LogP contribution is -2.28. The molecule has 82 valence electrons. The van der Waals surface area contributed by atoms with Gasteiger partial charge < -0.3 is 5.73 Å². The molecule has 1 unspecified atom stereocenters. The molecule has 0 saturated carbocycles. The Morgan fingerprint density at radius 1 is 1.20 bits per heavy atom. The number of rotatable bonds is 0. The van der Waals surface area contributed by atoms with Crippen molar-refractivity contribution in [3.8, 4) is 0 Å². The maximum Gasteiger partial charge on any atom is 0.416 e. The van der Waals surface area contributed by atoms with Gasteiger partial charge in [-0.25, -0.2) is 0 Å². The zero-order chi connectivity index (χ0) is 11.1. The first-order valence-electron chi connectivity index (χ1n) is 4.91. The van der Waals surface area contributed by atoms with Gasteiger partial charge in [0.1, 0.15) is 0 Å². The molecule has 4 heteroatoms. The molecule has 2 rings (SSSR count). The largest absolute Gasteiger partial charge is 0.416 e. The van der Waals surface area contributed by atoms with Gasteiger partial charge in [0.2, 0.25) is 0 Å². The van der Waals surface area contributed by atoms with Crippen LogP contribution in [0.4, 0.5) is 13.2 Å². The van der Waals surface area contributed by atoms with Gasteiger partial charge in [0, 0.05) is 6.04 Å². The number of halogens is 3. The summed E-state index contributed by atoms with van der Waals surface area (Å²) in [5.74, 6) is 0. The Kier molecular flexibility index (Phi) is 2.46. The van der Waals surface area contributed by atoms with Crippen LogP contribution in [0.5, 0.6) is 0 Å². The number of hydrogen-bond acceptors (Lipinski definition) is 1. The minimum Gasteiger partial charge on any atom is -0.327 e. The number of benzene rings is 1. The predicted molar refractivity (Wildman–Crippen MR) is 51.4 cm³/mol. The second-order valence-corrected chi connectivity index (χ2v) is 3.98. The summed E-state index contributed by atoms with van der Waals surface area (Å²) in [5, 5.41) is 0. The Labute approximate surface area is 86.1 Å². The van der Waals surface area contributed by atoms with Gasteiger partial charge in [-0.2, -0.15) is 13.2 Å². The van der Waals surface area contributed by atoms with Crippen molar-refractivity contribution in [2.45, 2.75) is 31.5 Å². The number of alkyl halides is 3. The fourth-order valence-electron chi connectivity index (χ4n) is 1.96. The lowest BCUT2D eigenvalue weighted by Gasteiger charge is -2.22. The molecule has 1 aromatic rings. The van der Waals surface area contributed by atoms with Crippen LogP contribution in [0.25, 0.3) is 0 Å². The quantitative estimate of drug-likeness (QED) is 0.707. The maximum atomic E-state index is 12.4. The van der Waals surface area contributed by atoms with E-state index in [1.54, 1.807) is 6.07 Å². The summed E-state index contributed by atoms with van der Waals surface area (Å²) >= 11 is 0. The van der Waals surface area contributed by atoms with Crippen LogP contribution >= 0.6 is 0 Å². The molecule has 15 heavy (non-hydrogen) atoms. The first-order valence-corrected chi connectivity index (χ1v) is 4.91. The van der Waals surface area contributed by atoms with Crippen LogP contribution in [0.15, 0.2) is 18.2 Å². The van der Waals surface area contributed by atoms with Crippen molar-refractivity contribution in [3.63, 3.8) is 0 Å². The minimum atomic E-state index is -4.24. The van der Waals surface area contributed by atoms with Crippen LogP contribution in [-0.4, -0.2) is 6.04 Å². The minimum absolute atomic E-state index is 0.0919. The average Bonchev–Trinajstić information content (AvgIpc) is 2.15. The second kappa shape index (κ2) is 3.52. The average molecular weight is 215 g/mol. The molecule has 0 radical (unpaired) electrons. The zero-order valence-electron chi connectivity index (χ0n) is 8.14. The van der Waals surface area contributed by atoms with Crippen molar-refractivity contribution in [2.75, 3.05) is 0 Å². The van der Waals surface area contributed by atoms with Crippen LogP contribution < -0.4 is 5.73 Å². The number of hydrogen-bond donors (Lipinski definition) is 1. The molecule has 0 fully saturated rings. The van der Waals surface area contributed by atoms with E-state index >= 15 is 0 Å². The summed E-state index contributed by atoms with van der Waals surface area (Å²) in [6.45, 7) is 0. The molecule has 1 nitrogen and oxygen atoms in total. The highest BCUT2D eigenvalue weighted by atomic mass is 19.4. The zero-order valence-corrected chi connectivity index (χ0v) is 8.14. The lowest BCUT2D eigenvalue weighted by atomic mass is 9.87. The normalized spacial score (nSPS) is 21.2. The van der Waals surface area contributed by atoms with E-state index in [1.807, 2.05) is 0 Å². The fraction of sp³-hybridized carbons (Fsp3) is 0.455. The van der Waals surface area contributed by atoms with Crippen molar-refractivity contribution < 1.29 is 13.2 Å². The monoisotopic (exact) mass is 215 g/mol. The molecule has 0 aliphatic heterocycles. The van der Waals surface area contributed by atoms with E-state index in [4.69, 9.17) is 5.73 Å². The molecule has 0 aromatic heterocycles. The number of aryl methyl sites for hydroxylation is 1. The third-order valence-corrected chi connectivity index (χ3v) is 2.80. The Morgan fingerprint density at radius 3 is 2.60 bits per heavy atom. The van der Waals surface area contributed by atoms with Gasteiger partial charge in [0.05, 0.1) is 5.56 Å². The summed E-state index contributed by atoms with van der Waals surface area (Å²) < 4.78 is 37.2. The highest BCUT2D eigenvalue weighted by molar-refractivity contribution is 5.35. The topological polar surface area (TPSA) is 26.0 Å². The molecule has 1 aliphatic carbocycles. The second-order valence-electron chi connectivity index (χ2n) is 3.98. The number of nitrogens with two attached hydrogens (primary N) is 1. The van der Waals surface area contributed by atoms with Crippen LogP contribution in [0.3, 0.4) is 0 Å². The van der Waals surface area contributed by atoms with Gasteiger partial charge in [-0.05, 0) is 42.5 Å². The molecular weight excluding hydrogens is 203 g/mol. The van der Waals surface area contributed by atoms with Gasteiger partial charge in [0.25, 0.3) is 0 Å². The first kappa shape index (κ1) is 10.5. The Balaban J connectivity index is 2.35. The summed E-state index contributed by atoms with van der Waals surface area (Å²) in [6.07, 6.45) is -2.13. The smallest absolute Gasteiger partial charge is 0.327 e. The van der Waals surface area contributed by atoms with Gasteiger partial charge in [-0.3, -0.25) is 0 Å². The molecule has 0 heterocycles. The van der Waals surface area contributed by atoms with E-state index in [9.17, 15) is 13.2 Å². The van der Waals surface area contributed by atoms with Gasteiger partial charge in [0.15, 0.2) is 0 Å². The van der Waals surface area contributed by atoms with Crippen LogP contribution in [0, 0.1) is 0 Å². The SMILES string of the molecule is NC1CCc2cc(C(F)(F)F)ccc2C1. The summed E-state index contributed by atoms with van der Waals surface area (Å²) in [4.78, 5) is 0. The predicted octanol–water partition coefficient (Wildman–Crippen LogP) is 2.52. The van der Waals surface area contributed by atoms with E-state index in [2.05, 4.69) is 0 Å². The standard InChI is InChI=1S/C11H12F3N/c12-11(13,14)9-3-1-8-6-10(15)4-2-7(8)5-9/h1,3,5,10H,2,4,6,15H2. The van der Waals surface area contributed by atoms with Crippen LogP contribution in [0.1, 0.15) is 23.1 Å². The first-order chi connectivity index (χ1) is 6.97. The molecule has 1 atom stereocenters. The van der Waals surface area contributed by atoms with Crippen molar-refractivity contribution >= 4 is 0 Å². The van der Waals surface area contributed by atoms with Gasteiger partial charge in [-0.15, -0.1) is 0 Å². The Bertz CT molecular complexity index is 371. The molecule has 1 aromatic carbocycles. The third-order valence-electron chi connectivity index (χ3n) is 2.80. The highest BCUT2D eigenvalue weighted by Gasteiger charge is 2.31. The van der Waals surface area contributed by atoms with E-state index in [-0.39, 0.29) is 6.04 Å². The molecule has 0 bridgehead atoms. The van der Waals surface area contributed by atoms with Crippen molar-refractivity contribution in [3.05, 3.63) is 34.9 Å². The molecule has 1 aliphatic rings. The fourth-order valence-corrected chi connectivity index (χ4v) is 1.96. The van der Waals surface area contributed by atoms with E-state index < -0.39 is 11.7 Å². The maximum absolute atomic E-state index is 12.4. The van der Waals surface area contributed by atoms with Gasteiger partial charge >= 0.3 is 6.18 Å². The van der Waals surface area contributed by atoms with Crippen molar-refractivity contribution in [1.82, 2.24) is 0 Å². The lowest BCUT2D eigenvalue weighted by molar-refractivity contribution is -0.137. The van der Waals surface area contributed by atoms with Crippen molar-refractivity contribution in [2.24, 2.45) is 5.73 Å². The van der Waals surface area contributed by atoms with Crippen molar-refractivity contribution in [1.29, 1.82) is 0 Å². The summed E-state index contributed by atoms with van der Waals surface area (Å²) in [5.41, 5.74) is 6.95. The van der Waals surface area contributed by atoms with Gasteiger partial charge in [-0.1, -0.05) is 6.07 Å². The Hall–Kier alpha value is -1.03. The van der Waals surface area contributed by atoms with E-state index in [0.29, 0.717) is 12.8 Å². The molecule has 2 N–H and O–H groups in total. The molecule has 0 spiro atoms. The number of fused-ring (bicyclic) bond motifs is 1. The van der Waals surface area contributed by atoms with E-state index in [1.165, 1.54) is 6.07 Å². The van der Waals surface area contributed by atoms with Crippen LogP contribution in [0.2, 0.25) is 0 Å². The molecule has 0 saturated heterocycles. The summed E-state index contributed by atoms with van der Waals surface area (Å²) in [6, 6.07) is 4.03. The Morgan fingerprint density at radius 2 is 1.93 bits per heavy atom. The highest BCUT2D eigenvalue weighted by Crippen LogP contribution is 2.32. The summed E-state index contributed by atoms with van der Waals surface area (Å²) in [7, 11) is 0. The molecular formula is C11H12F3N. The molecule has 0 amide bonds. The van der Waals surface area contributed by atoms with Crippen LogP contribution in [-0.2, 0) is 19.0 Å². The van der Waals surface area contributed by atoms with E-state index in [0.717, 1.165) is 23.6 Å². The third kappa shape index (κ3) is 2.15.